The number of hydrogen-bond acceptors (Lipinski definition) is 4. The molecule has 96 valence electrons. The maximum absolute atomic E-state index is 11.1. The van der Waals surface area contributed by atoms with Gasteiger partial charge in [0, 0.05) is 11.1 Å². The van der Waals surface area contributed by atoms with E-state index >= 15 is 0 Å². The van der Waals surface area contributed by atoms with Crippen LogP contribution in [0.25, 0.3) is 6.08 Å². The van der Waals surface area contributed by atoms with Gasteiger partial charge in [0.2, 0.25) is 0 Å². The first-order valence-corrected chi connectivity index (χ1v) is 5.50. The largest absolute Gasteiger partial charge is 0.478 e. The van der Waals surface area contributed by atoms with Crippen LogP contribution in [0.4, 0.5) is 5.69 Å². The van der Waals surface area contributed by atoms with Gasteiger partial charge in [0.1, 0.15) is 0 Å². The van der Waals surface area contributed by atoms with Crippen molar-refractivity contribution in [3.05, 3.63) is 34.4 Å². The molecule has 6 heteroatoms. The minimum absolute atomic E-state index is 0.0486. The van der Waals surface area contributed by atoms with Crippen molar-refractivity contribution in [2.75, 3.05) is 12.3 Å². The van der Waals surface area contributed by atoms with Crippen molar-refractivity contribution in [2.45, 2.75) is 6.92 Å². The van der Waals surface area contributed by atoms with Crippen molar-refractivity contribution in [3.8, 4) is 0 Å². The Morgan fingerprint density at radius 3 is 2.72 bits per heavy atom. The summed E-state index contributed by atoms with van der Waals surface area (Å²) in [7, 11) is 0. The second kappa shape index (κ2) is 6.07. The lowest BCUT2D eigenvalue weighted by molar-refractivity contribution is -0.137. The highest BCUT2D eigenvalue weighted by molar-refractivity contribution is 6.31. The summed E-state index contributed by atoms with van der Waals surface area (Å²) >= 11 is 5.77. The van der Waals surface area contributed by atoms with E-state index < -0.39 is 11.9 Å². The van der Waals surface area contributed by atoms with Crippen LogP contribution in [0.1, 0.15) is 22.8 Å². The molecule has 0 atom stereocenters. The average molecular weight is 270 g/mol. The summed E-state index contributed by atoms with van der Waals surface area (Å²) < 4.78 is 4.70. The van der Waals surface area contributed by atoms with Crippen LogP contribution < -0.4 is 5.73 Å². The Kier molecular flexibility index (Phi) is 4.74. The van der Waals surface area contributed by atoms with Crippen LogP contribution in [0.3, 0.4) is 0 Å². The van der Waals surface area contributed by atoms with Crippen LogP contribution in [0.15, 0.2) is 18.2 Å². The quantitative estimate of drug-likeness (QED) is 0.497. The number of nitrogen functional groups attached to an aromatic ring is 1. The minimum Gasteiger partial charge on any atom is -0.478 e. The number of ether oxygens (including phenoxy) is 1. The van der Waals surface area contributed by atoms with Crippen molar-refractivity contribution in [3.63, 3.8) is 0 Å². The molecule has 1 aromatic carbocycles. The summed E-state index contributed by atoms with van der Waals surface area (Å²) in [5, 5.41) is 9.15. The topological polar surface area (TPSA) is 89.6 Å². The van der Waals surface area contributed by atoms with E-state index in [1.54, 1.807) is 6.92 Å². The van der Waals surface area contributed by atoms with Crippen molar-refractivity contribution >= 4 is 35.3 Å². The number of carbonyl (C=O) groups is 2. The number of hydrogen-bond donors (Lipinski definition) is 2. The van der Waals surface area contributed by atoms with E-state index in [2.05, 4.69) is 0 Å². The molecule has 5 nitrogen and oxygen atoms in total. The Hall–Kier alpha value is -2.01. The second-order valence-electron chi connectivity index (χ2n) is 3.35. The van der Waals surface area contributed by atoms with Gasteiger partial charge in [-0.2, -0.15) is 0 Å². The average Bonchev–Trinajstić information content (AvgIpc) is 2.30. The molecule has 0 bridgehead atoms. The van der Waals surface area contributed by atoms with E-state index in [0.717, 1.165) is 6.08 Å². The minimum atomic E-state index is -1.18. The number of carbonyl (C=O) groups excluding carboxylic acids is 1. The summed E-state index contributed by atoms with van der Waals surface area (Å²) in [6, 6.07) is 2.72. The molecule has 0 spiro atoms. The third-order valence-corrected chi connectivity index (χ3v) is 2.31. The SMILES string of the molecule is CCOC(=O)C=Cc1cc(Cl)cc(C(=O)O)c1N. The third-order valence-electron chi connectivity index (χ3n) is 2.09. The zero-order valence-electron chi connectivity index (χ0n) is 9.64. The van der Waals surface area contributed by atoms with Crippen molar-refractivity contribution in [1.82, 2.24) is 0 Å². The molecule has 1 rings (SSSR count). The lowest BCUT2D eigenvalue weighted by atomic mass is 10.1. The number of anilines is 1. The van der Waals surface area contributed by atoms with Crippen molar-refractivity contribution < 1.29 is 19.4 Å². The molecule has 0 radical (unpaired) electrons. The molecule has 0 unspecified atom stereocenters. The summed E-state index contributed by atoms with van der Waals surface area (Å²) in [5.74, 6) is -1.71. The van der Waals surface area contributed by atoms with Gasteiger partial charge in [0.05, 0.1) is 17.9 Å². The predicted molar refractivity (Wildman–Crippen MR) is 68.5 cm³/mol. The fraction of sp³-hybridized carbons (Fsp3) is 0.167. The fourth-order valence-corrected chi connectivity index (χ4v) is 1.53. The van der Waals surface area contributed by atoms with Gasteiger partial charge in [-0.15, -0.1) is 0 Å². The normalized spacial score (nSPS) is 10.6. The zero-order valence-corrected chi connectivity index (χ0v) is 10.4. The van der Waals surface area contributed by atoms with Gasteiger partial charge in [-0.3, -0.25) is 0 Å². The number of benzene rings is 1. The maximum Gasteiger partial charge on any atom is 0.337 e. The van der Waals surface area contributed by atoms with E-state index in [1.165, 1.54) is 18.2 Å². The van der Waals surface area contributed by atoms with Crippen LogP contribution in [0, 0.1) is 0 Å². The number of halogens is 1. The highest BCUT2D eigenvalue weighted by atomic mass is 35.5. The van der Waals surface area contributed by atoms with Gasteiger partial charge in [-0.05, 0) is 30.7 Å². The molecule has 0 aliphatic carbocycles. The van der Waals surface area contributed by atoms with Gasteiger partial charge in [-0.25, -0.2) is 9.59 Å². The summed E-state index contributed by atoms with van der Waals surface area (Å²) in [6.45, 7) is 1.94. The highest BCUT2D eigenvalue weighted by Gasteiger charge is 2.12. The molecule has 0 saturated heterocycles. The molecule has 0 amide bonds. The number of carboxylic acid groups (broad SMARTS) is 1. The highest BCUT2D eigenvalue weighted by Crippen LogP contribution is 2.24. The first-order chi connectivity index (χ1) is 8.45. The number of rotatable bonds is 4. The van der Waals surface area contributed by atoms with Gasteiger partial charge in [-0.1, -0.05) is 11.6 Å². The molecular formula is C12H12ClNO4. The molecule has 0 aliphatic heterocycles. The third kappa shape index (κ3) is 3.49. The number of aromatic carboxylic acids is 1. The zero-order chi connectivity index (χ0) is 13.7. The molecule has 0 aliphatic rings. The molecule has 0 aromatic heterocycles. The predicted octanol–water partition coefficient (Wildman–Crippen LogP) is 2.20. The standard InChI is InChI=1S/C12H12ClNO4/c1-2-18-10(15)4-3-7-5-8(13)6-9(11(7)14)12(16)17/h3-6H,2,14H2,1H3,(H,16,17). The Labute approximate surface area is 109 Å². The maximum atomic E-state index is 11.1. The number of nitrogens with two attached hydrogens (primary N) is 1. The van der Waals surface area contributed by atoms with Gasteiger partial charge in [0.15, 0.2) is 0 Å². The molecular weight excluding hydrogens is 258 g/mol. The first-order valence-electron chi connectivity index (χ1n) is 5.12. The van der Waals surface area contributed by atoms with E-state index in [1.807, 2.05) is 0 Å². The van der Waals surface area contributed by atoms with Crippen LogP contribution in [-0.4, -0.2) is 23.7 Å². The molecule has 1 aromatic rings. The van der Waals surface area contributed by atoms with Crippen LogP contribution in [0.5, 0.6) is 0 Å². The summed E-state index contributed by atoms with van der Waals surface area (Å²) in [4.78, 5) is 22.0. The van der Waals surface area contributed by atoms with Crippen LogP contribution in [-0.2, 0) is 9.53 Å². The molecule has 0 heterocycles. The number of esters is 1. The van der Waals surface area contributed by atoms with Crippen molar-refractivity contribution in [1.29, 1.82) is 0 Å². The first kappa shape index (κ1) is 14.1. The Balaban J connectivity index is 3.10. The van der Waals surface area contributed by atoms with Gasteiger partial charge >= 0.3 is 11.9 Å². The van der Waals surface area contributed by atoms with Gasteiger partial charge < -0.3 is 15.6 Å². The van der Waals surface area contributed by atoms with Crippen LogP contribution in [0.2, 0.25) is 5.02 Å². The summed E-state index contributed by atoms with van der Waals surface area (Å²) in [5.41, 5.74) is 5.97. The smallest absolute Gasteiger partial charge is 0.337 e. The van der Waals surface area contributed by atoms with E-state index in [-0.39, 0.29) is 22.9 Å². The molecule has 0 fully saturated rings. The lowest BCUT2D eigenvalue weighted by Crippen LogP contribution is -2.04. The molecule has 0 saturated carbocycles. The molecule has 3 N–H and O–H groups in total. The van der Waals surface area contributed by atoms with Crippen molar-refractivity contribution in [2.24, 2.45) is 0 Å². The lowest BCUT2D eigenvalue weighted by Gasteiger charge is -2.06. The Morgan fingerprint density at radius 2 is 2.17 bits per heavy atom. The van der Waals surface area contributed by atoms with E-state index in [0.29, 0.717) is 5.56 Å². The van der Waals surface area contributed by atoms with E-state index in [9.17, 15) is 9.59 Å². The number of carboxylic acids is 1. The Bertz CT molecular complexity index is 511. The monoisotopic (exact) mass is 269 g/mol. The molecule has 18 heavy (non-hydrogen) atoms. The summed E-state index contributed by atoms with van der Waals surface area (Å²) in [6.07, 6.45) is 2.53. The van der Waals surface area contributed by atoms with Crippen LogP contribution >= 0.6 is 11.6 Å². The Morgan fingerprint density at radius 1 is 1.50 bits per heavy atom. The van der Waals surface area contributed by atoms with E-state index in [4.69, 9.17) is 27.2 Å². The van der Waals surface area contributed by atoms with Gasteiger partial charge in [0.25, 0.3) is 0 Å². The fourth-order valence-electron chi connectivity index (χ4n) is 1.30. The second-order valence-corrected chi connectivity index (χ2v) is 3.78.